The third-order valence-electron chi connectivity index (χ3n) is 5.25. The van der Waals surface area contributed by atoms with E-state index in [9.17, 15) is 0 Å². The zero-order chi connectivity index (χ0) is 18.2. The first-order valence-electron chi connectivity index (χ1n) is 9.75. The van der Waals surface area contributed by atoms with Crippen molar-refractivity contribution in [3.8, 4) is 11.1 Å². The third-order valence-corrected chi connectivity index (χ3v) is 5.25. The van der Waals surface area contributed by atoms with E-state index in [1.54, 1.807) is 5.57 Å². The largest absolute Gasteiger partial charge is 0.0649 e. The van der Waals surface area contributed by atoms with E-state index >= 15 is 0 Å². The van der Waals surface area contributed by atoms with E-state index in [1.165, 1.54) is 39.8 Å². The second-order valence-corrected chi connectivity index (χ2v) is 8.90. The summed E-state index contributed by atoms with van der Waals surface area (Å²) in [4.78, 5) is 0. The molecule has 0 aromatic heterocycles. The van der Waals surface area contributed by atoms with E-state index < -0.39 is 0 Å². The molecule has 1 aliphatic rings. The quantitative estimate of drug-likeness (QED) is 0.555. The molecule has 132 valence electrons. The lowest BCUT2D eigenvalue weighted by Gasteiger charge is -2.26. The minimum atomic E-state index is 0.139. The van der Waals surface area contributed by atoms with Crippen LogP contribution < -0.4 is 0 Å². The molecule has 0 amide bonds. The maximum absolute atomic E-state index is 2.49. The highest BCUT2D eigenvalue weighted by atomic mass is 14.3. The molecule has 0 nitrogen and oxygen atoms in total. The normalized spacial score (nSPS) is 14.0. The predicted molar refractivity (Wildman–Crippen MR) is 111 cm³/mol. The lowest BCUT2D eigenvalue weighted by atomic mass is 9.78. The number of aryl methyl sites for hydroxylation is 1. The molecule has 3 rings (SSSR count). The van der Waals surface area contributed by atoms with Crippen molar-refractivity contribution in [2.45, 2.75) is 66.2 Å². The Morgan fingerprint density at radius 1 is 1.00 bits per heavy atom. The molecule has 0 saturated carbocycles. The summed E-state index contributed by atoms with van der Waals surface area (Å²) in [7, 11) is 0. The molecular weight excluding hydrogens is 300 g/mol. The van der Waals surface area contributed by atoms with Gasteiger partial charge in [-0.2, -0.15) is 0 Å². The van der Waals surface area contributed by atoms with Crippen LogP contribution in [0.2, 0.25) is 0 Å². The van der Waals surface area contributed by atoms with Crippen LogP contribution in [0.3, 0.4) is 0 Å². The monoisotopic (exact) mass is 332 g/mol. The lowest BCUT2D eigenvalue weighted by molar-refractivity contribution is 0.591. The van der Waals surface area contributed by atoms with Crippen LogP contribution in [0.25, 0.3) is 17.2 Å². The van der Waals surface area contributed by atoms with Crippen molar-refractivity contribution in [3.63, 3.8) is 0 Å². The van der Waals surface area contributed by atoms with E-state index in [0.717, 1.165) is 12.8 Å². The van der Waals surface area contributed by atoms with Crippen molar-refractivity contribution in [2.24, 2.45) is 5.92 Å². The van der Waals surface area contributed by atoms with Crippen molar-refractivity contribution in [1.82, 2.24) is 0 Å². The van der Waals surface area contributed by atoms with E-state index in [1.807, 2.05) is 0 Å². The molecule has 0 heteroatoms. The van der Waals surface area contributed by atoms with E-state index in [2.05, 4.69) is 84.0 Å². The van der Waals surface area contributed by atoms with Crippen LogP contribution in [0.1, 0.15) is 70.2 Å². The first-order chi connectivity index (χ1) is 11.8. The average Bonchev–Trinajstić information content (AvgIpc) is 2.94. The van der Waals surface area contributed by atoms with E-state index in [4.69, 9.17) is 0 Å². The van der Waals surface area contributed by atoms with Gasteiger partial charge in [0.15, 0.2) is 0 Å². The van der Waals surface area contributed by atoms with Crippen molar-refractivity contribution >= 4 is 6.08 Å². The summed E-state index contributed by atoms with van der Waals surface area (Å²) in [5.74, 6) is 0.717. The van der Waals surface area contributed by atoms with Gasteiger partial charge in [-0.15, -0.1) is 0 Å². The Balaban J connectivity index is 2.25. The lowest BCUT2D eigenvalue weighted by Crippen LogP contribution is -2.14. The predicted octanol–water partition coefficient (Wildman–Crippen LogP) is 7.20. The SMILES string of the molecule is CCc1ccccc1-c1c(C(C)(C)C)ccc2c1C=C(CC(C)C)C2. The van der Waals surface area contributed by atoms with Crippen molar-refractivity contribution in [1.29, 1.82) is 0 Å². The Labute approximate surface area is 154 Å². The minimum absolute atomic E-state index is 0.139. The Morgan fingerprint density at radius 2 is 1.72 bits per heavy atom. The fourth-order valence-corrected chi connectivity index (χ4v) is 4.12. The summed E-state index contributed by atoms with van der Waals surface area (Å²) in [6.07, 6.45) is 5.89. The van der Waals surface area contributed by atoms with Crippen molar-refractivity contribution < 1.29 is 0 Å². The highest BCUT2D eigenvalue weighted by molar-refractivity contribution is 5.85. The van der Waals surface area contributed by atoms with Crippen LogP contribution in [0.15, 0.2) is 42.0 Å². The van der Waals surface area contributed by atoms with Crippen molar-refractivity contribution in [3.05, 3.63) is 64.2 Å². The van der Waals surface area contributed by atoms with Crippen LogP contribution in [0.5, 0.6) is 0 Å². The molecule has 0 spiro atoms. The molecule has 25 heavy (non-hydrogen) atoms. The molecule has 0 heterocycles. The summed E-state index contributed by atoms with van der Waals surface area (Å²) in [6, 6.07) is 13.7. The number of benzene rings is 2. The van der Waals surface area contributed by atoms with Gasteiger partial charge < -0.3 is 0 Å². The highest BCUT2D eigenvalue weighted by Gasteiger charge is 2.26. The molecule has 0 N–H and O–H groups in total. The average molecular weight is 333 g/mol. The number of fused-ring (bicyclic) bond motifs is 1. The Morgan fingerprint density at radius 3 is 2.36 bits per heavy atom. The smallest absolute Gasteiger partial charge is 0.00575 e. The van der Waals surface area contributed by atoms with Crippen LogP contribution in [-0.4, -0.2) is 0 Å². The molecule has 0 aliphatic heterocycles. The number of hydrogen-bond donors (Lipinski definition) is 0. The van der Waals surface area contributed by atoms with Gasteiger partial charge in [0.1, 0.15) is 0 Å². The second kappa shape index (κ2) is 6.83. The molecule has 2 aromatic carbocycles. The van der Waals surface area contributed by atoms with Gasteiger partial charge in [-0.25, -0.2) is 0 Å². The standard InChI is InChI=1S/C25H32/c1-7-19-10-8-9-11-21(19)24-22-16-18(14-17(2)3)15-20(22)12-13-23(24)25(4,5)6/h8-13,16-17H,7,14-15H2,1-6H3. The van der Waals surface area contributed by atoms with E-state index in [-0.39, 0.29) is 5.41 Å². The van der Waals surface area contributed by atoms with Gasteiger partial charge in [0.05, 0.1) is 0 Å². The van der Waals surface area contributed by atoms with Crippen molar-refractivity contribution in [2.75, 3.05) is 0 Å². The summed E-state index contributed by atoms with van der Waals surface area (Å²) in [5.41, 5.74) is 10.5. The molecule has 0 unspecified atom stereocenters. The molecule has 1 aliphatic carbocycles. The zero-order valence-electron chi connectivity index (χ0n) is 16.7. The summed E-state index contributed by atoms with van der Waals surface area (Å²) >= 11 is 0. The molecule has 0 bridgehead atoms. The Bertz CT molecular complexity index is 797. The zero-order valence-corrected chi connectivity index (χ0v) is 16.7. The first-order valence-corrected chi connectivity index (χ1v) is 9.75. The molecule has 2 aromatic rings. The number of rotatable bonds is 4. The van der Waals surface area contributed by atoms with Gasteiger partial charge in [0, 0.05) is 0 Å². The Hall–Kier alpha value is -1.82. The number of hydrogen-bond acceptors (Lipinski definition) is 0. The summed E-state index contributed by atoms with van der Waals surface area (Å²) in [6.45, 7) is 13.9. The summed E-state index contributed by atoms with van der Waals surface area (Å²) < 4.78 is 0. The van der Waals surface area contributed by atoms with E-state index in [0.29, 0.717) is 5.92 Å². The molecular formula is C25H32. The maximum Gasteiger partial charge on any atom is -0.00575 e. The molecule has 0 atom stereocenters. The fraction of sp³-hybridized carbons (Fsp3) is 0.440. The topological polar surface area (TPSA) is 0 Å². The Kier molecular flexibility index (Phi) is 4.91. The fourth-order valence-electron chi connectivity index (χ4n) is 4.12. The number of allylic oxidation sites excluding steroid dienone is 1. The minimum Gasteiger partial charge on any atom is -0.0649 e. The van der Waals surface area contributed by atoms with Crippen LogP contribution in [0.4, 0.5) is 0 Å². The van der Waals surface area contributed by atoms with Gasteiger partial charge >= 0.3 is 0 Å². The summed E-state index contributed by atoms with van der Waals surface area (Å²) in [5, 5.41) is 0. The van der Waals surface area contributed by atoms with Crippen LogP contribution in [-0.2, 0) is 18.3 Å². The van der Waals surface area contributed by atoms with Gasteiger partial charge in [0.2, 0.25) is 0 Å². The van der Waals surface area contributed by atoms with Gasteiger partial charge in [0.25, 0.3) is 0 Å². The first kappa shape index (κ1) is 18.0. The second-order valence-electron chi connectivity index (χ2n) is 8.90. The van der Waals surface area contributed by atoms with Crippen LogP contribution in [0, 0.1) is 5.92 Å². The molecule has 0 fully saturated rings. The van der Waals surface area contributed by atoms with Crippen LogP contribution >= 0.6 is 0 Å². The highest BCUT2D eigenvalue weighted by Crippen LogP contribution is 2.43. The van der Waals surface area contributed by atoms with Gasteiger partial charge in [-0.3, -0.25) is 0 Å². The molecule has 0 radical (unpaired) electrons. The maximum atomic E-state index is 2.49. The van der Waals surface area contributed by atoms with Gasteiger partial charge in [-0.1, -0.05) is 89.6 Å². The van der Waals surface area contributed by atoms with Gasteiger partial charge in [-0.05, 0) is 64.0 Å². The molecule has 0 saturated heterocycles. The third kappa shape index (κ3) is 3.59.